The van der Waals surface area contributed by atoms with Gasteiger partial charge in [0.1, 0.15) is 5.75 Å². The SMILES string of the molecule is COc1c(C)cc(S(=O)(=O)NC(C)(CN)CC(C)C)cc1C. The van der Waals surface area contributed by atoms with Crippen LogP contribution in [0, 0.1) is 19.8 Å². The maximum absolute atomic E-state index is 12.7. The van der Waals surface area contributed by atoms with E-state index in [1.54, 1.807) is 19.2 Å². The second-order valence-electron chi connectivity index (χ2n) is 6.56. The first kappa shape index (κ1) is 18.9. The highest BCUT2D eigenvalue weighted by atomic mass is 32.2. The second-order valence-corrected chi connectivity index (χ2v) is 8.24. The van der Waals surface area contributed by atoms with Crippen molar-refractivity contribution in [1.29, 1.82) is 0 Å². The van der Waals surface area contributed by atoms with Crippen LogP contribution in [0.1, 0.15) is 38.3 Å². The van der Waals surface area contributed by atoms with Gasteiger partial charge in [0.25, 0.3) is 0 Å². The Morgan fingerprint density at radius 2 is 1.77 bits per heavy atom. The molecule has 0 heterocycles. The topological polar surface area (TPSA) is 81.4 Å². The summed E-state index contributed by atoms with van der Waals surface area (Å²) in [7, 11) is -2.05. The number of methoxy groups -OCH3 is 1. The van der Waals surface area contributed by atoms with Crippen LogP contribution in [-0.4, -0.2) is 27.6 Å². The molecule has 0 saturated carbocycles. The Balaban J connectivity index is 3.19. The van der Waals surface area contributed by atoms with Crippen LogP contribution in [0.25, 0.3) is 0 Å². The lowest BCUT2D eigenvalue weighted by Gasteiger charge is -2.31. The van der Waals surface area contributed by atoms with Gasteiger partial charge in [-0.25, -0.2) is 13.1 Å². The van der Waals surface area contributed by atoms with Gasteiger partial charge >= 0.3 is 0 Å². The van der Waals surface area contributed by atoms with Crippen LogP contribution >= 0.6 is 0 Å². The molecule has 0 aliphatic rings. The maximum Gasteiger partial charge on any atom is 0.241 e. The summed E-state index contributed by atoms with van der Waals surface area (Å²) in [5.74, 6) is 1.05. The van der Waals surface area contributed by atoms with Crippen molar-refractivity contribution in [2.75, 3.05) is 13.7 Å². The lowest BCUT2D eigenvalue weighted by Crippen LogP contribution is -2.52. The summed E-state index contributed by atoms with van der Waals surface area (Å²) in [6.45, 7) is 9.85. The number of ether oxygens (including phenoxy) is 1. The summed E-state index contributed by atoms with van der Waals surface area (Å²) in [6, 6.07) is 3.25. The third kappa shape index (κ3) is 4.44. The monoisotopic (exact) mass is 328 g/mol. The number of nitrogens with two attached hydrogens (primary N) is 1. The van der Waals surface area contributed by atoms with Crippen molar-refractivity contribution in [1.82, 2.24) is 4.72 Å². The second kappa shape index (κ2) is 6.98. The normalized spacial score (nSPS) is 14.9. The van der Waals surface area contributed by atoms with Crippen molar-refractivity contribution in [3.05, 3.63) is 23.3 Å². The van der Waals surface area contributed by atoms with Crippen LogP contribution in [0.4, 0.5) is 0 Å². The van der Waals surface area contributed by atoms with Crippen LogP contribution in [0.2, 0.25) is 0 Å². The Morgan fingerprint density at radius 1 is 1.27 bits per heavy atom. The Bertz CT molecular complexity index is 603. The van der Waals surface area contributed by atoms with Crippen molar-refractivity contribution in [3.8, 4) is 5.75 Å². The standard InChI is InChI=1S/C16H28N2O3S/c1-11(2)9-16(5,10-17)18-22(19,20)14-7-12(3)15(21-6)13(4)8-14/h7-8,11,18H,9-10,17H2,1-6H3. The van der Waals surface area contributed by atoms with E-state index in [1.165, 1.54) is 0 Å². The summed E-state index contributed by atoms with van der Waals surface area (Å²) in [4.78, 5) is 0.242. The molecule has 0 bridgehead atoms. The molecule has 0 aliphatic carbocycles. The summed E-state index contributed by atoms with van der Waals surface area (Å²) < 4.78 is 33.4. The fourth-order valence-corrected chi connectivity index (χ4v) is 4.44. The van der Waals surface area contributed by atoms with Gasteiger partial charge in [0.2, 0.25) is 10.0 Å². The molecule has 1 atom stereocenters. The molecule has 6 heteroatoms. The van der Waals surface area contributed by atoms with Crippen LogP contribution in [0.3, 0.4) is 0 Å². The third-order valence-electron chi connectivity index (χ3n) is 3.64. The molecule has 126 valence electrons. The largest absolute Gasteiger partial charge is 0.496 e. The molecule has 0 spiro atoms. The molecule has 22 heavy (non-hydrogen) atoms. The Kier molecular flexibility index (Phi) is 6.01. The van der Waals surface area contributed by atoms with Gasteiger partial charge in [-0.3, -0.25) is 0 Å². The van der Waals surface area contributed by atoms with Gasteiger partial charge in [-0.2, -0.15) is 0 Å². The molecule has 1 aromatic rings. The quantitative estimate of drug-likeness (QED) is 0.805. The molecule has 3 N–H and O–H groups in total. The maximum atomic E-state index is 12.7. The first-order chi connectivity index (χ1) is 10.0. The van der Waals surface area contributed by atoms with Crippen LogP contribution < -0.4 is 15.2 Å². The van der Waals surface area contributed by atoms with Gasteiger partial charge in [-0.1, -0.05) is 13.8 Å². The zero-order valence-electron chi connectivity index (χ0n) is 14.4. The Morgan fingerprint density at radius 3 is 2.14 bits per heavy atom. The minimum Gasteiger partial charge on any atom is -0.496 e. The summed E-state index contributed by atoms with van der Waals surface area (Å²) >= 11 is 0. The van der Waals surface area contributed by atoms with Crippen molar-refractivity contribution in [2.24, 2.45) is 11.7 Å². The number of hydrogen-bond donors (Lipinski definition) is 2. The molecule has 1 unspecified atom stereocenters. The third-order valence-corrected chi connectivity index (χ3v) is 5.26. The van der Waals surface area contributed by atoms with Gasteiger partial charge in [-0.15, -0.1) is 0 Å². The van der Waals surface area contributed by atoms with E-state index in [9.17, 15) is 8.42 Å². The van der Waals surface area contributed by atoms with E-state index < -0.39 is 15.6 Å². The van der Waals surface area contributed by atoms with Gasteiger partial charge in [0, 0.05) is 12.1 Å². The Labute approximate surface area is 134 Å². The zero-order chi connectivity index (χ0) is 17.1. The number of aryl methyl sites for hydroxylation is 2. The lowest BCUT2D eigenvalue weighted by molar-refractivity contribution is 0.344. The molecular weight excluding hydrogens is 300 g/mol. The van der Waals surface area contributed by atoms with Crippen LogP contribution in [0.5, 0.6) is 5.75 Å². The predicted octanol–water partition coefficient (Wildman–Crippen LogP) is 2.35. The van der Waals surface area contributed by atoms with Crippen molar-refractivity contribution in [3.63, 3.8) is 0 Å². The van der Waals surface area contributed by atoms with E-state index in [2.05, 4.69) is 4.72 Å². The van der Waals surface area contributed by atoms with Gasteiger partial charge in [0.15, 0.2) is 0 Å². The van der Waals surface area contributed by atoms with E-state index in [0.717, 1.165) is 11.1 Å². The first-order valence-corrected chi connectivity index (χ1v) is 8.92. The average Bonchev–Trinajstić information content (AvgIpc) is 2.36. The minimum atomic E-state index is -3.63. The van der Waals surface area contributed by atoms with Crippen molar-refractivity contribution >= 4 is 10.0 Å². The van der Waals surface area contributed by atoms with Crippen LogP contribution in [0.15, 0.2) is 17.0 Å². The molecule has 0 aromatic heterocycles. The highest BCUT2D eigenvalue weighted by Crippen LogP contribution is 2.27. The molecule has 1 aromatic carbocycles. The van der Waals surface area contributed by atoms with Gasteiger partial charge in [-0.05, 0) is 56.4 Å². The molecular formula is C16H28N2O3S. The number of sulfonamides is 1. The molecule has 0 radical (unpaired) electrons. The summed E-state index contributed by atoms with van der Waals surface area (Å²) in [6.07, 6.45) is 0.677. The van der Waals surface area contributed by atoms with E-state index in [-0.39, 0.29) is 11.4 Å². The van der Waals surface area contributed by atoms with E-state index in [0.29, 0.717) is 18.1 Å². The highest BCUT2D eigenvalue weighted by Gasteiger charge is 2.30. The average molecular weight is 328 g/mol. The minimum absolute atomic E-state index is 0.242. The molecule has 0 aliphatic heterocycles. The first-order valence-electron chi connectivity index (χ1n) is 7.44. The molecule has 0 amide bonds. The fraction of sp³-hybridized carbons (Fsp3) is 0.625. The lowest BCUT2D eigenvalue weighted by atomic mass is 9.92. The van der Waals surface area contributed by atoms with E-state index >= 15 is 0 Å². The summed E-state index contributed by atoms with van der Waals surface area (Å²) in [5, 5.41) is 0. The van der Waals surface area contributed by atoms with Gasteiger partial charge in [0.05, 0.1) is 12.0 Å². The van der Waals surface area contributed by atoms with E-state index in [4.69, 9.17) is 10.5 Å². The fourth-order valence-electron chi connectivity index (χ4n) is 2.84. The van der Waals surface area contributed by atoms with Crippen molar-refractivity contribution in [2.45, 2.75) is 51.5 Å². The highest BCUT2D eigenvalue weighted by molar-refractivity contribution is 7.89. The molecule has 1 rings (SSSR count). The zero-order valence-corrected chi connectivity index (χ0v) is 15.2. The Hall–Kier alpha value is -1.11. The van der Waals surface area contributed by atoms with Crippen LogP contribution in [-0.2, 0) is 10.0 Å². The van der Waals surface area contributed by atoms with Gasteiger partial charge < -0.3 is 10.5 Å². The van der Waals surface area contributed by atoms with Crippen molar-refractivity contribution < 1.29 is 13.2 Å². The van der Waals surface area contributed by atoms with E-state index in [1.807, 2.05) is 34.6 Å². The summed E-state index contributed by atoms with van der Waals surface area (Å²) in [5.41, 5.74) is 6.73. The molecule has 0 saturated heterocycles. The molecule has 0 fully saturated rings. The smallest absolute Gasteiger partial charge is 0.241 e. The number of benzene rings is 1. The number of hydrogen-bond acceptors (Lipinski definition) is 4. The predicted molar refractivity (Wildman–Crippen MR) is 89.7 cm³/mol. The molecule has 5 nitrogen and oxygen atoms in total. The number of rotatable bonds is 7. The number of nitrogens with one attached hydrogen (secondary N) is 1.